The summed E-state index contributed by atoms with van der Waals surface area (Å²) in [6.45, 7) is 0. The summed E-state index contributed by atoms with van der Waals surface area (Å²) in [5.74, 6) is 0. The van der Waals surface area contributed by atoms with E-state index < -0.39 is 9.05 Å². The van der Waals surface area contributed by atoms with Crippen molar-refractivity contribution in [2.75, 3.05) is 0 Å². The van der Waals surface area contributed by atoms with Crippen molar-refractivity contribution in [1.82, 2.24) is 0 Å². The monoisotopic (exact) mass is 317 g/mol. The summed E-state index contributed by atoms with van der Waals surface area (Å²) < 4.78 is 8.42. The molecule has 0 heterocycles. The molecule has 0 aromatic heterocycles. The van der Waals surface area contributed by atoms with Gasteiger partial charge in [0, 0.05) is 0 Å². The van der Waals surface area contributed by atoms with E-state index in [1.165, 1.54) is 0 Å². The van der Waals surface area contributed by atoms with E-state index in [1.54, 1.807) is 0 Å². The molecule has 0 aromatic rings. The molecule has 0 radical (unpaired) electrons. The van der Waals surface area contributed by atoms with Crippen LogP contribution in [0.1, 0.15) is 0 Å². The molecule has 4 N–H and O–H groups in total. The van der Waals surface area contributed by atoms with Crippen molar-refractivity contribution in [3.8, 4) is 0 Å². The fraction of sp³-hybridized carbons (Fsp3) is 0. The van der Waals surface area contributed by atoms with Crippen LogP contribution >= 0.6 is 0 Å². The molecule has 0 saturated heterocycles. The van der Waals surface area contributed by atoms with Crippen LogP contribution in [0.2, 0.25) is 0 Å². The average molecular weight is 316 g/mol. The van der Waals surface area contributed by atoms with E-state index in [4.69, 9.17) is 21.9 Å². The van der Waals surface area contributed by atoms with Gasteiger partial charge in [-0.2, -0.15) is 0 Å². The van der Waals surface area contributed by atoms with Crippen molar-refractivity contribution < 1.29 is 21.9 Å². The Morgan fingerprint density at radius 1 is 1.00 bits per heavy atom. The van der Waals surface area contributed by atoms with Gasteiger partial charge in [-0.1, -0.05) is 0 Å². The molecule has 0 aromatic carbocycles. The molecule has 0 atom stereocenters. The third-order valence-corrected chi connectivity index (χ3v) is 0. The third-order valence-electron chi connectivity index (χ3n) is 0. The van der Waals surface area contributed by atoms with Crippen LogP contribution in [-0.4, -0.2) is 54.0 Å². The molecule has 7 heavy (non-hydrogen) atoms. The number of hydrogen-bond acceptors (Lipinski definition) is 5. The normalized spacial score (nSPS) is 9.43. The van der Waals surface area contributed by atoms with Crippen LogP contribution in [-0.2, 0) is 2.69 Å². The molecule has 41 valence electrons. The second kappa shape index (κ2) is 4.93. The Labute approximate surface area is 56.9 Å². The van der Waals surface area contributed by atoms with Gasteiger partial charge in [0.05, 0.1) is 0 Å². The first-order valence-electron chi connectivity index (χ1n) is 1.13. The van der Waals surface area contributed by atoms with Crippen molar-refractivity contribution in [2.24, 2.45) is 0 Å². The summed E-state index contributed by atoms with van der Waals surface area (Å²) in [6, 6.07) is 0. The molecule has 0 spiro atoms. The predicted molar refractivity (Wildman–Crippen MR) is 21.1 cm³/mol. The molecule has 5 nitrogen and oxygen atoms in total. The minimum atomic E-state index is -4.61. The molecule has 7 heteroatoms. The van der Waals surface area contributed by atoms with E-state index in [0.29, 0.717) is 0 Å². The zero-order valence-electron chi connectivity index (χ0n) is 3.27. The van der Waals surface area contributed by atoms with Crippen LogP contribution in [0.15, 0.2) is 0 Å². The quantitative estimate of drug-likeness (QED) is 0.355. The first kappa shape index (κ1) is 10.7. The maximum absolute atomic E-state index is 8.42. The Bertz CT molecular complexity index is 31.8. The van der Waals surface area contributed by atoms with Crippen molar-refractivity contribution >= 4 is 34.8 Å². The SMILES string of the molecule is O[Si](O)(O)O.[O]=[Tl]. The van der Waals surface area contributed by atoms with E-state index in [9.17, 15) is 0 Å². The Hall–Kier alpha value is 0.779. The molecule has 0 aliphatic heterocycles. The Balaban J connectivity index is 0. The Morgan fingerprint density at radius 2 is 1.00 bits per heavy atom. The van der Waals surface area contributed by atoms with E-state index in [1.807, 2.05) is 0 Å². The first-order valence-corrected chi connectivity index (χ1v) is 4.75. The standard InChI is InChI=1S/H4O4Si.O.Tl/c1-5(2,3)4;;/h1-4H;;. The van der Waals surface area contributed by atoms with Gasteiger partial charge in [0.2, 0.25) is 0 Å². The molecule has 0 bridgehead atoms. The second-order valence-corrected chi connectivity index (χ2v) is 1.80. The zero-order valence-corrected chi connectivity index (χ0v) is 8.76. The zero-order chi connectivity index (χ0) is 6.50. The molecule has 0 saturated carbocycles. The number of hydrogen-bond donors (Lipinski definition) is 4. The first-order chi connectivity index (χ1) is 3.00. The topological polar surface area (TPSA) is 98.0 Å². The predicted octanol–water partition coefficient (Wildman–Crippen LogP) is -3.11. The van der Waals surface area contributed by atoms with Gasteiger partial charge in [-0.3, -0.25) is 0 Å². The van der Waals surface area contributed by atoms with Gasteiger partial charge < -0.3 is 19.2 Å². The molecular weight excluding hydrogens is 312 g/mol. The maximum atomic E-state index is 8.42. The fourth-order valence-electron chi connectivity index (χ4n) is 0. The van der Waals surface area contributed by atoms with Gasteiger partial charge in [0.25, 0.3) is 0 Å². The van der Waals surface area contributed by atoms with Crippen LogP contribution < -0.4 is 0 Å². The molecular formula is H4O5SiTl. The molecule has 0 rings (SSSR count). The summed E-state index contributed by atoms with van der Waals surface area (Å²) in [5, 5.41) is 0. The molecule has 0 fully saturated rings. The Morgan fingerprint density at radius 3 is 1.00 bits per heavy atom. The molecule has 0 aliphatic carbocycles. The van der Waals surface area contributed by atoms with E-state index >= 15 is 0 Å². The van der Waals surface area contributed by atoms with Crippen LogP contribution in [0, 0.1) is 0 Å². The summed E-state index contributed by atoms with van der Waals surface area (Å²) in [5.41, 5.74) is 0. The summed E-state index contributed by atoms with van der Waals surface area (Å²) in [4.78, 5) is 29.3. The number of rotatable bonds is 0. The van der Waals surface area contributed by atoms with E-state index in [0.717, 1.165) is 0 Å². The van der Waals surface area contributed by atoms with Gasteiger partial charge in [-0.15, -0.1) is 0 Å². The van der Waals surface area contributed by atoms with Crippen molar-refractivity contribution in [3.63, 3.8) is 0 Å². The van der Waals surface area contributed by atoms with Gasteiger partial charge in [-0.05, 0) is 0 Å². The van der Waals surface area contributed by atoms with Gasteiger partial charge in [0.15, 0.2) is 0 Å². The van der Waals surface area contributed by atoms with Crippen molar-refractivity contribution in [2.45, 2.75) is 0 Å². The fourth-order valence-corrected chi connectivity index (χ4v) is 0. The van der Waals surface area contributed by atoms with Crippen LogP contribution in [0.4, 0.5) is 0 Å². The summed E-state index contributed by atoms with van der Waals surface area (Å²) in [7, 11) is -4.61. The third kappa shape index (κ3) is 255. The van der Waals surface area contributed by atoms with E-state index in [-0.39, 0.29) is 25.8 Å². The summed E-state index contributed by atoms with van der Waals surface area (Å²) in [6.07, 6.45) is 0. The van der Waals surface area contributed by atoms with Crippen LogP contribution in [0.3, 0.4) is 0 Å². The van der Waals surface area contributed by atoms with Crippen LogP contribution in [0.25, 0.3) is 0 Å². The van der Waals surface area contributed by atoms with Gasteiger partial charge >= 0.3 is 37.5 Å². The van der Waals surface area contributed by atoms with Crippen molar-refractivity contribution in [1.29, 1.82) is 0 Å². The Kier molecular flexibility index (Phi) is 7.53. The van der Waals surface area contributed by atoms with Crippen molar-refractivity contribution in [3.05, 3.63) is 0 Å². The van der Waals surface area contributed by atoms with Crippen LogP contribution in [0.5, 0.6) is 0 Å². The molecule has 0 amide bonds. The second-order valence-electron chi connectivity index (χ2n) is 0.600. The van der Waals surface area contributed by atoms with Gasteiger partial charge in [-0.25, -0.2) is 0 Å². The summed E-state index contributed by atoms with van der Waals surface area (Å²) >= 11 is -0.0833. The van der Waals surface area contributed by atoms with E-state index in [2.05, 4.69) is 0 Å². The molecule has 0 aliphatic rings. The minimum absolute atomic E-state index is 0.0833. The molecule has 0 unspecified atom stereocenters. The average Bonchev–Trinajstić information content (AvgIpc) is 1.36. The van der Waals surface area contributed by atoms with Gasteiger partial charge in [0.1, 0.15) is 0 Å².